The fourth-order valence-electron chi connectivity index (χ4n) is 2.50. The molecule has 24 heavy (non-hydrogen) atoms. The molecule has 0 aliphatic heterocycles. The minimum absolute atomic E-state index is 0. The van der Waals surface area contributed by atoms with Crippen molar-refractivity contribution in [1.82, 2.24) is 15.5 Å². The van der Waals surface area contributed by atoms with Crippen molar-refractivity contribution >= 4 is 41.3 Å². The summed E-state index contributed by atoms with van der Waals surface area (Å²) in [5.41, 5.74) is 1.34. The van der Waals surface area contributed by atoms with Gasteiger partial charge in [0.15, 0.2) is 5.96 Å². The molecule has 0 aliphatic carbocycles. The van der Waals surface area contributed by atoms with Gasteiger partial charge in [0.05, 0.1) is 6.54 Å². The minimum atomic E-state index is 0. The second-order valence-corrected chi connectivity index (χ2v) is 6.94. The predicted molar refractivity (Wildman–Crippen MR) is 119 cm³/mol. The summed E-state index contributed by atoms with van der Waals surface area (Å²) in [6, 6.07) is 2.60. The van der Waals surface area contributed by atoms with Crippen LogP contribution in [0.3, 0.4) is 0 Å². The zero-order valence-electron chi connectivity index (χ0n) is 15.9. The Labute approximate surface area is 169 Å². The Morgan fingerprint density at radius 2 is 2.00 bits per heavy atom. The number of guanidine groups is 1. The SMILES string of the molecule is CCNC(=NCc1sccc1C)NC(C)CCCN(CC)CC.I. The third kappa shape index (κ3) is 9.22. The van der Waals surface area contributed by atoms with Gasteiger partial charge in [-0.3, -0.25) is 0 Å². The van der Waals surface area contributed by atoms with E-state index in [1.54, 1.807) is 11.3 Å². The molecule has 0 saturated carbocycles. The molecule has 1 rings (SSSR count). The van der Waals surface area contributed by atoms with E-state index in [2.05, 4.69) is 61.6 Å². The maximum atomic E-state index is 4.73. The first-order valence-electron chi connectivity index (χ1n) is 8.90. The monoisotopic (exact) mass is 466 g/mol. The average molecular weight is 466 g/mol. The summed E-state index contributed by atoms with van der Waals surface area (Å²) >= 11 is 1.78. The van der Waals surface area contributed by atoms with Crippen LogP contribution in [0.5, 0.6) is 0 Å². The van der Waals surface area contributed by atoms with E-state index in [9.17, 15) is 0 Å². The molecule has 0 aliphatic rings. The second-order valence-electron chi connectivity index (χ2n) is 5.94. The molecular formula is C18H35IN4S. The van der Waals surface area contributed by atoms with Crippen LogP contribution in [0.4, 0.5) is 0 Å². The van der Waals surface area contributed by atoms with Crippen LogP contribution in [0.1, 0.15) is 51.0 Å². The molecule has 4 nitrogen and oxygen atoms in total. The first kappa shape index (κ1) is 23.7. The Bertz CT molecular complexity index is 458. The van der Waals surface area contributed by atoms with Gasteiger partial charge in [-0.05, 0) is 70.3 Å². The number of nitrogens with zero attached hydrogens (tertiary/aromatic N) is 2. The highest BCUT2D eigenvalue weighted by molar-refractivity contribution is 14.0. The van der Waals surface area contributed by atoms with Gasteiger partial charge in [0.2, 0.25) is 0 Å². The van der Waals surface area contributed by atoms with E-state index in [0.717, 1.165) is 32.1 Å². The molecule has 1 unspecified atom stereocenters. The van der Waals surface area contributed by atoms with E-state index in [4.69, 9.17) is 4.99 Å². The first-order chi connectivity index (χ1) is 11.1. The topological polar surface area (TPSA) is 39.7 Å². The summed E-state index contributed by atoms with van der Waals surface area (Å²) < 4.78 is 0. The third-order valence-corrected chi connectivity index (χ3v) is 5.09. The van der Waals surface area contributed by atoms with E-state index in [1.807, 2.05) is 0 Å². The Morgan fingerprint density at radius 3 is 2.54 bits per heavy atom. The van der Waals surface area contributed by atoms with Crippen molar-refractivity contribution < 1.29 is 0 Å². The van der Waals surface area contributed by atoms with Crippen LogP contribution in [-0.2, 0) is 6.54 Å². The van der Waals surface area contributed by atoms with Crippen molar-refractivity contribution in [3.05, 3.63) is 21.9 Å². The van der Waals surface area contributed by atoms with Gasteiger partial charge in [-0.15, -0.1) is 35.3 Å². The summed E-state index contributed by atoms with van der Waals surface area (Å²) in [6.07, 6.45) is 2.39. The number of halogens is 1. The standard InChI is InChI=1S/C18H34N4S.HI/c1-6-19-18(20-14-17-15(4)11-13-23-17)21-16(5)10-9-12-22(7-2)8-3;/h11,13,16H,6-10,12,14H2,1-5H3,(H2,19,20,21);1H. The van der Waals surface area contributed by atoms with Crippen LogP contribution in [0.15, 0.2) is 16.4 Å². The lowest BCUT2D eigenvalue weighted by Crippen LogP contribution is -2.42. The Balaban J connectivity index is 0.00000529. The summed E-state index contributed by atoms with van der Waals surface area (Å²) in [7, 11) is 0. The number of aliphatic imine (C=N–C) groups is 1. The van der Waals surface area contributed by atoms with Gasteiger partial charge in [-0.2, -0.15) is 0 Å². The number of hydrogen-bond donors (Lipinski definition) is 2. The molecule has 0 spiro atoms. The number of thiophene rings is 1. The zero-order chi connectivity index (χ0) is 17.1. The lowest BCUT2D eigenvalue weighted by atomic mass is 10.2. The van der Waals surface area contributed by atoms with E-state index in [-0.39, 0.29) is 24.0 Å². The van der Waals surface area contributed by atoms with Crippen LogP contribution in [-0.4, -0.2) is 43.1 Å². The number of rotatable bonds is 10. The number of aryl methyl sites for hydroxylation is 1. The summed E-state index contributed by atoms with van der Waals surface area (Å²) in [5, 5.41) is 9.02. The lowest BCUT2D eigenvalue weighted by molar-refractivity contribution is 0.292. The first-order valence-corrected chi connectivity index (χ1v) is 9.78. The van der Waals surface area contributed by atoms with Crippen LogP contribution in [0, 0.1) is 6.92 Å². The van der Waals surface area contributed by atoms with Gasteiger partial charge in [0, 0.05) is 17.5 Å². The van der Waals surface area contributed by atoms with Crippen molar-refractivity contribution in [2.24, 2.45) is 4.99 Å². The molecule has 1 atom stereocenters. The Morgan fingerprint density at radius 1 is 1.29 bits per heavy atom. The maximum absolute atomic E-state index is 4.73. The van der Waals surface area contributed by atoms with Crippen LogP contribution >= 0.6 is 35.3 Å². The van der Waals surface area contributed by atoms with Crippen molar-refractivity contribution in [2.75, 3.05) is 26.2 Å². The molecule has 1 heterocycles. The van der Waals surface area contributed by atoms with E-state index in [0.29, 0.717) is 6.04 Å². The van der Waals surface area contributed by atoms with Crippen molar-refractivity contribution in [3.63, 3.8) is 0 Å². The van der Waals surface area contributed by atoms with Gasteiger partial charge >= 0.3 is 0 Å². The number of hydrogen-bond acceptors (Lipinski definition) is 3. The van der Waals surface area contributed by atoms with Crippen LogP contribution in [0.2, 0.25) is 0 Å². The Kier molecular flexibility index (Phi) is 13.7. The molecule has 0 bridgehead atoms. The molecule has 0 radical (unpaired) electrons. The molecule has 140 valence electrons. The summed E-state index contributed by atoms with van der Waals surface area (Å²) in [5.74, 6) is 0.927. The van der Waals surface area contributed by atoms with Crippen LogP contribution < -0.4 is 10.6 Å². The quantitative estimate of drug-likeness (QED) is 0.308. The minimum Gasteiger partial charge on any atom is -0.357 e. The highest BCUT2D eigenvalue weighted by Gasteiger charge is 2.07. The van der Waals surface area contributed by atoms with Gasteiger partial charge in [0.1, 0.15) is 0 Å². The smallest absolute Gasteiger partial charge is 0.191 e. The molecule has 2 N–H and O–H groups in total. The fraction of sp³-hybridized carbons (Fsp3) is 0.722. The predicted octanol–water partition coefficient (Wildman–Crippen LogP) is 4.24. The Hall–Kier alpha value is -0.340. The zero-order valence-corrected chi connectivity index (χ0v) is 19.0. The number of nitrogens with one attached hydrogen (secondary N) is 2. The highest BCUT2D eigenvalue weighted by atomic mass is 127. The summed E-state index contributed by atoms with van der Waals surface area (Å²) in [4.78, 5) is 8.55. The van der Waals surface area contributed by atoms with Gasteiger partial charge in [0.25, 0.3) is 0 Å². The van der Waals surface area contributed by atoms with Crippen LogP contribution in [0.25, 0.3) is 0 Å². The largest absolute Gasteiger partial charge is 0.357 e. The molecule has 0 fully saturated rings. The normalized spacial score (nSPS) is 12.8. The van der Waals surface area contributed by atoms with Gasteiger partial charge in [-0.25, -0.2) is 4.99 Å². The van der Waals surface area contributed by atoms with E-state index in [1.165, 1.54) is 29.8 Å². The summed E-state index contributed by atoms with van der Waals surface area (Å²) in [6.45, 7) is 16.1. The van der Waals surface area contributed by atoms with E-state index >= 15 is 0 Å². The second kappa shape index (κ2) is 13.9. The lowest BCUT2D eigenvalue weighted by Gasteiger charge is -2.21. The van der Waals surface area contributed by atoms with Crippen molar-refractivity contribution in [3.8, 4) is 0 Å². The molecule has 1 aromatic rings. The molecule has 0 amide bonds. The molecule has 1 aromatic heterocycles. The van der Waals surface area contributed by atoms with Gasteiger partial charge in [-0.1, -0.05) is 13.8 Å². The fourth-order valence-corrected chi connectivity index (χ4v) is 3.33. The van der Waals surface area contributed by atoms with Crippen molar-refractivity contribution in [2.45, 2.75) is 60.0 Å². The highest BCUT2D eigenvalue weighted by Crippen LogP contribution is 2.16. The average Bonchev–Trinajstić information content (AvgIpc) is 2.94. The third-order valence-electron chi connectivity index (χ3n) is 4.08. The maximum Gasteiger partial charge on any atom is 0.191 e. The van der Waals surface area contributed by atoms with E-state index < -0.39 is 0 Å². The molecule has 0 saturated heterocycles. The van der Waals surface area contributed by atoms with Crippen molar-refractivity contribution in [1.29, 1.82) is 0 Å². The molecule has 6 heteroatoms. The molecular weight excluding hydrogens is 431 g/mol. The van der Waals surface area contributed by atoms with Gasteiger partial charge < -0.3 is 15.5 Å². The molecule has 0 aromatic carbocycles.